The van der Waals surface area contributed by atoms with Crippen molar-refractivity contribution in [3.8, 4) is 0 Å². The fourth-order valence-electron chi connectivity index (χ4n) is 4.59. The van der Waals surface area contributed by atoms with Gasteiger partial charge in [-0.2, -0.15) is 0 Å². The van der Waals surface area contributed by atoms with Gasteiger partial charge < -0.3 is 30.6 Å². The molecule has 15 heteroatoms. The summed E-state index contributed by atoms with van der Waals surface area (Å²) in [5.41, 5.74) is 6.46. The molecule has 4 N–H and O–H groups in total. The predicted molar refractivity (Wildman–Crippen MR) is 138 cm³/mol. The van der Waals surface area contributed by atoms with Gasteiger partial charge in [0.15, 0.2) is 0 Å². The lowest BCUT2D eigenvalue weighted by molar-refractivity contribution is -0.773. The highest BCUT2D eigenvalue weighted by Crippen LogP contribution is 2.47. The number of hydrogen-bond donors (Lipinski definition) is 3. The average molecular weight is 562 g/mol. The maximum atomic E-state index is 12.5. The van der Waals surface area contributed by atoms with Crippen LogP contribution in [0.4, 0.5) is 5.00 Å². The Labute approximate surface area is 225 Å². The van der Waals surface area contributed by atoms with Crippen LogP contribution in [0.25, 0.3) is 10.1 Å². The summed E-state index contributed by atoms with van der Waals surface area (Å²) in [4.78, 5) is 46.4. The van der Waals surface area contributed by atoms with Gasteiger partial charge in [-0.25, -0.2) is 0 Å². The molecule has 1 aliphatic carbocycles. The van der Waals surface area contributed by atoms with E-state index in [0.717, 1.165) is 20.7 Å². The SMILES string of the molecule is NC[C@H](c1ccc(COC(=O)C2CC(CO[N+](=O)[O-])(CO[N+](=O)[O-])C2)cc1)[C@H](O)Nc1cc2ccncc2s1. The average Bonchev–Trinajstić information content (AvgIpc) is 3.29. The molecule has 1 saturated carbocycles. The van der Waals surface area contributed by atoms with E-state index in [1.807, 2.05) is 12.1 Å². The van der Waals surface area contributed by atoms with Crippen molar-refractivity contribution in [2.24, 2.45) is 17.1 Å². The molecule has 14 nitrogen and oxygen atoms in total. The Hall–Kier alpha value is -4.08. The highest BCUT2D eigenvalue weighted by atomic mass is 32.1. The van der Waals surface area contributed by atoms with Crippen molar-refractivity contribution in [3.63, 3.8) is 0 Å². The van der Waals surface area contributed by atoms with Crippen molar-refractivity contribution in [1.82, 2.24) is 4.98 Å². The van der Waals surface area contributed by atoms with Crippen molar-refractivity contribution in [2.45, 2.75) is 31.6 Å². The largest absolute Gasteiger partial charge is 0.461 e. The number of nitrogens with one attached hydrogen (secondary N) is 1. The maximum absolute atomic E-state index is 12.5. The van der Waals surface area contributed by atoms with Gasteiger partial charge in [0.05, 0.1) is 15.6 Å². The Bertz CT molecular complexity index is 1260. The smallest absolute Gasteiger partial charge is 0.309 e. The molecule has 0 bridgehead atoms. The van der Waals surface area contributed by atoms with E-state index < -0.39 is 52.8 Å². The molecule has 0 saturated heterocycles. The van der Waals surface area contributed by atoms with Gasteiger partial charge in [0, 0.05) is 30.3 Å². The lowest BCUT2D eigenvalue weighted by atomic mass is 9.63. The number of nitrogens with two attached hydrogens (primary N) is 1. The summed E-state index contributed by atoms with van der Waals surface area (Å²) in [5, 5.41) is 34.8. The number of benzene rings is 1. The molecule has 2 aromatic heterocycles. The molecule has 2 heterocycles. The number of aliphatic hydroxyl groups is 1. The molecule has 4 rings (SSSR count). The summed E-state index contributed by atoms with van der Waals surface area (Å²) in [7, 11) is 0. The molecule has 0 amide bonds. The van der Waals surface area contributed by atoms with Crippen molar-refractivity contribution in [1.29, 1.82) is 0 Å². The first kappa shape index (κ1) is 27.9. The second kappa shape index (κ2) is 12.2. The second-order valence-electron chi connectivity index (χ2n) is 9.40. The maximum Gasteiger partial charge on any atom is 0.309 e. The number of rotatable bonds is 14. The standard InChI is InChI=1S/C24H27N5O9S/c25-10-19(22(30)27-21-7-17-5-6-26-11-20(17)39-21)16-3-1-15(2-4-16)12-36-23(31)18-8-24(9-18,13-37-28(32)33)14-38-29(34)35/h1-7,11,18-19,22,27,30H,8-10,12-14,25H2/t19-,22+/m1/s1. The second-order valence-corrected chi connectivity index (χ2v) is 10.5. The summed E-state index contributed by atoms with van der Waals surface area (Å²) in [6.45, 7) is -0.646. The van der Waals surface area contributed by atoms with Gasteiger partial charge in [-0.05, 0) is 41.5 Å². The highest BCUT2D eigenvalue weighted by Gasteiger charge is 2.49. The highest BCUT2D eigenvalue weighted by molar-refractivity contribution is 7.22. The van der Waals surface area contributed by atoms with Gasteiger partial charge in [0.25, 0.3) is 10.2 Å². The number of thiophene rings is 1. The van der Waals surface area contributed by atoms with Crippen LogP contribution in [0.3, 0.4) is 0 Å². The molecule has 1 fully saturated rings. The van der Waals surface area contributed by atoms with E-state index in [1.165, 1.54) is 11.3 Å². The van der Waals surface area contributed by atoms with E-state index in [4.69, 9.17) is 10.5 Å². The molecular weight excluding hydrogens is 534 g/mol. The topological polar surface area (TPSA) is 202 Å². The number of carbonyl (C=O) groups excluding carboxylic acids is 1. The molecule has 0 spiro atoms. The zero-order chi connectivity index (χ0) is 28.0. The fraction of sp³-hybridized carbons (Fsp3) is 0.417. The van der Waals surface area contributed by atoms with Crippen LogP contribution < -0.4 is 11.1 Å². The Balaban J connectivity index is 1.28. The number of carbonyl (C=O) groups is 1. The van der Waals surface area contributed by atoms with Crippen LogP contribution in [0.2, 0.25) is 0 Å². The zero-order valence-electron chi connectivity index (χ0n) is 20.6. The number of esters is 1. The van der Waals surface area contributed by atoms with Crippen LogP contribution in [0.5, 0.6) is 0 Å². The normalized spacial score (nSPS) is 16.1. The Morgan fingerprint density at radius 3 is 2.44 bits per heavy atom. The number of ether oxygens (including phenoxy) is 1. The molecule has 0 unspecified atom stereocenters. The van der Waals surface area contributed by atoms with Gasteiger partial charge in [-0.1, -0.05) is 24.3 Å². The molecular formula is C24H27N5O9S. The van der Waals surface area contributed by atoms with Crippen LogP contribution in [0, 0.1) is 31.6 Å². The molecule has 3 aromatic rings. The van der Waals surface area contributed by atoms with Crippen molar-refractivity contribution in [3.05, 3.63) is 80.1 Å². The summed E-state index contributed by atoms with van der Waals surface area (Å²) in [5.74, 6) is -1.49. The number of anilines is 1. The third-order valence-corrected chi connectivity index (χ3v) is 7.70. The molecule has 0 radical (unpaired) electrons. The van der Waals surface area contributed by atoms with E-state index in [0.29, 0.717) is 5.56 Å². The molecule has 1 aromatic carbocycles. The monoisotopic (exact) mass is 561 g/mol. The predicted octanol–water partition coefficient (Wildman–Crippen LogP) is 2.63. The summed E-state index contributed by atoms with van der Waals surface area (Å²) in [6, 6.07) is 11.0. The van der Waals surface area contributed by atoms with E-state index in [9.17, 15) is 30.1 Å². The molecule has 1 aliphatic rings. The van der Waals surface area contributed by atoms with E-state index in [2.05, 4.69) is 20.0 Å². The van der Waals surface area contributed by atoms with Crippen molar-refractivity contribution >= 4 is 32.4 Å². The van der Waals surface area contributed by atoms with Crippen LogP contribution in [0.1, 0.15) is 29.9 Å². The van der Waals surface area contributed by atoms with Crippen LogP contribution >= 0.6 is 11.3 Å². The number of fused-ring (bicyclic) bond motifs is 1. The quantitative estimate of drug-likeness (QED) is 0.112. The van der Waals surface area contributed by atoms with E-state index >= 15 is 0 Å². The zero-order valence-corrected chi connectivity index (χ0v) is 21.5. The van der Waals surface area contributed by atoms with Gasteiger partial charge in [-0.3, -0.25) is 9.78 Å². The number of pyridine rings is 1. The number of nitrogens with zero attached hydrogens (tertiary/aromatic N) is 3. The molecule has 2 atom stereocenters. The minimum absolute atomic E-state index is 0.0106. The molecule has 208 valence electrons. The van der Waals surface area contributed by atoms with Gasteiger partial charge in [0.1, 0.15) is 26.0 Å². The first-order valence-corrected chi connectivity index (χ1v) is 12.8. The van der Waals surface area contributed by atoms with E-state index in [1.54, 1.807) is 36.7 Å². The third kappa shape index (κ3) is 7.07. The summed E-state index contributed by atoms with van der Waals surface area (Å²) in [6.07, 6.45) is 2.74. The fourth-order valence-corrected chi connectivity index (χ4v) is 5.55. The number of aliphatic hydroxyl groups excluding tert-OH is 1. The Morgan fingerprint density at radius 1 is 1.18 bits per heavy atom. The van der Waals surface area contributed by atoms with Crippen LogP contribution in [-0.2, 0) is 25.8 Å². The summed E-state index contributed by atoms with van der Waals surface area (Å²) < 4.78 is 6.38. The van der Waals surface area contributed by atoms with Crippen LogP contribution in [-0.4, -0.2) is 52.2 Å². The van der Waals surface area contributed by atoms with Crippen molar-refractivity contribution in [2.75, 3.05) is 25.1 Å². The van der Waals surface area contributed by atoms with Gasteiger partial charge >= 0.3 is 5.97 Å². The van der Waals surface area contributed by atoms with Gasteiger partial charge in [-0.15, -0.1) is 31.6 Å². The number of aromatic nitrogens is 1. The van der Waals surface area contributed by atoms with Crippen LogP contribution in [0.15, 0.2) is 48.8 Å². The molecule has 0 aliphatic heterocycles. The lowest BCUT2D eigenvalue weighted by Gasteiger charge is -2.44. The minimum Gasteiger partial charge on any atom is -0.461 e. The minimum atomic E-state index is -1.01. The Morgan fingerprint density at radius 2 is 1.85 bits per heavy atom. The first-order chi connectivity index (χ1) is 18.7. The Kier molecular flexibility index (Phi) is 8.73. The van der Waals surface area contributed by atoms with Gasteiger partial charge in [0.2, 0.25) is 0 Å². The van der Waals surface area contributed by atoms with E-state index in [-0.39, 0.29) is 26.0 Å². The number of hydrogen-bond acceptors (Lipinski definition) is 13. The lowest BCUT2D eigenvalue weighted by Crippen LogP contribution is -2.48. The third-order valence-electron chi connectivity index (χ3n) is 6.68. The summed E-state index contributed by atoms with van der Waals surface area (Å²) >= 11 is 1.48. The molecule has 39 heavy (non-hydrogen) atoms. The van der Waals surface area contributed by atoms with Crippen molar-refractivity contribution < 1.29 is 34.5 Å². The first-order valence-electron chi connectivity index (χ1n) is 12.0.